The Bertz CT molecular complexity index is 514. The lowest BCUT2D eigenvalue weighted by atomic mass is 10.1. The van der Waals surface area contributed by atoms with E-state index in [1.165, 1.54) is 0 Å². The Morgan fingerprint density at radius 3 is 1.16 bits per heavy atom. The minimum Gasteiger partial charge on any atom is -0.255 e. The molecule has 0 amide bonds. The van der Waals surface area contributed by atoms with Crippen LogP contribution in [0.2, 0.25) is 0 Å². The van der Waals surface area contributed by atoms with Crippen LogP contribution in [0.4, 0.5) is 65.9 Å². The van der Waals surface area contributed by atoms with Gasteiger partial charge in [0.05, 0.1) is 14.4 Å². The molecule has 2 unspecified atom stereocenters. The van der Waals surface area contributed by atoms with Gasteiger partial charge in [-0.25, -0.2) is 26.7 Å². The van der Waals surface area contributed by atoms with Crippen LogP contribution in [0.1, 0.15) is 27.2 Å². The van der Waals surface area contributed by atoms with Gasteiger partial charge < -0.3 is 0 Å². The van der Waals surface area contributed by atoms with Crippen LogP contribution in [0.5, 0.6) is 0 Å². The van der Waals surface area contributed by atoms with E-state index >= 15 is 0 Å². The molecular weight excluding hydrogens is 485 g/mol. The molecule has 0 aliphatic rings. The van der Waals surface area contributed by atoms with Crippen LogP contribution in [-0.4, -0.2) is 62.7 Å². The molecule has 0 aromatic carbocycles. The van der Waals surface area contributed by atoms with Crippen LogP contribution in [0.25, 0.3) is 0 Å². The smallest absolute Gasteiger partial charge is 0.255 e. The molecule has 17 heteroatoms. The predicted molar refractivity (Wildman–Crippen MR) is 76.3 cm³/mol. The van der Waals surface area contributed by atoms with E-state index in [0.717, 1.165) is 0 Å². The van der Waals surface area contributed by atoms with Gasteiger partial charge >= 0.3 is 24.4 Å². The summed E-state index contributed by atoms with van der Waals surface area (Å²) in [4.78, 5) is 0. The van der Waals surface area contributed by atoms with Crippen LogP contribution in [0.3, 0.4) is 0 Å². The molecule has 0 saturated carbocycles. The molecule has 0 aliphatic heterocycles. The maximum absolute atomic E-state index is 13.8. The first-order chi connectivity index (χ1) is 13.4. The van der Waals surface area contributed by atoms with Gasteiger partial charge in [-0.05, 0) is 20.8 Å². The zero-order chi connectivity index (χ0) is 26.3. The van der Waals surface area contributed by atoms with Gasteiger partial charge in [-0.1, -0.05) is 0 Å². The zero-order valence-electron chi connectivity index (χ0n) is 16.4. The second-order valence-electron chi connectivity index (χ2n) is 5.97. The van der Waals surface area contributed by atoms with E-state index in [2.05, 4.69) is 9.47 Å². The summed E-state index contributed by atoms with van der Waals surface area (Å²) in [5, 5.41) is 0. The molecule has 0 saturated heterocycles. The van der Waals surface area contributed by atoms with Crippen LogP contribution in [0.15, 0.2) is 0 Å². The van der Waals surface area contributed by atoms with Crippen molar-refractivity contribution in [3.63, 3.8) is 0 Å². The number of halogens is 15. The molecule has 0 N–H and O–H groups in total. The SMILES string of the molecule is CC(F)(F)CC(F)(F)OC(F)(F)C(C)(F)C(F)(F)OC(F)(F)C(C)(F)CF.CF.CF. The van der Waals surface area contributed by atoms with E-state index in [1.54, 1.807) is 0 Å². The standard InChI is InChI=1S/C12H13F13O2.2CH3F/c1-6(14,5-13)10(20,21)27-12(24,25)8(3,17)11(22,23)26-9(18,19)4-7(2,15)16;2*1-2/h4-5H2,1-3H3;2*1H3. The highest BCUT2D eigenvalue weighted by Gasteiger charge is 2.75. The highest BCUT2D eigenvalue weighted by Crippen LogP contribution is 2.51. The number of hydrogen-bond donors (Lipinski definition) is 0. The van der Waals surface area contributed by atoms with E-state index in [9.17, 15) is 65.9 Å². The number of rotatable bonds is 10. The molecule has 0 aliphatic carbocycles. The molecule has 0 aromatic rings. The third-order valence-corrected chi connectivity index (χ3v) is 3.00. The van der Waals surface area contributed by atoms with Crippen molar-refractivity contribution in [1.29, 1.82) is 0 Å². The number of ether oxygens (including phenoxy) is 2. The largest absolute Gasteiger partial charge is 0.402 e. The molecular formula is C14H19F15O2. The average molecular weight is 504 g/mol. The Balaban J connectivity index is -0.00000184. The van der Waals surface area contributed by atoms with Gasteiger partial charge in [0.25, 0.3) is 11.6 Å². The van der Waals surface area contributed by atoms with E-state index in [4.69, 9.17) is 0 Å². The molecule has 0 fully saturated rings. The minimum atomic E-state index is -6.45. The van der Waals surface area contributed by atoms with E-state index in [0.29, 0.717) is 14.4 Å². The molecule has 192 valence electrons. The fourth-order valence-electron chi connectivity index (χ4n) is 1.29. The van der Waals surface area contributed by atoms with Gasteiger partial charge in [0, 0.05) is 0 Å². The first-order valence-electron chi connectivity index (χ1n) is 7.42. The molecule has 0 aromatic heterocycles. The maximum Gasteiger partial charge on any atom is 0.402 e. The van der Waals surface area contributed by atoms with E-state index in [1.807, 2.05) is 0 Å². The Kier molecular flexibility index (Phi) is 12.4. The topological polar surface area (TPSA) is 18.5 Å². The molecule has 31 heavy (non-hydrogen) atoms. The third-order valence-electron chi connectivity index (χ3n) is 3.00. The Morgan fingerprint density at radius 1 is 0.548 bits per heavy atom. The lowest BCUT2D eigenvalue weighted by Crippen LogP contribution is -2.63. The van der Waals surface area contributed by atoms with Gasteiger partial charge in [-0.3, -0.25) is 13.5 Å². The molecule has 0 heterocycles. The summed E-state index contributed by atoms with van der Waals surface area (Å²) in [7, 11) is 1.00. The average Bonchev–Trinajstić information content (AvgIpc) is 2.53. The quantitative estimate of drug-likeness (QED) is 0.298. The number of alkyl halides is 15. The van der Waals surface area contributed by atoms with Gasteiger partial charge in [-0.15, -0.1) is 0 Å². The van der Waals surface area contributed by atoms with Crippen LogP contribution in [-0.2, 0) is 9.47 Å². The van der Waals surface area contributed by atoms with Crippen molar-refractivity contribution in [1.82, 2.24) is 0 Å². The van der Waals surface area contributed by atoms with E-state index in [-0.39, 0.29) is 13.8 Å². The van der Waals surface area contributed by atoms with Gasteiger partial charge in [-0.2, -0.15) is 35.1 Å². The predicted octanol–water partition coefficient (Wildman–Crippen LogP) is 7.03. The van der Waals surface area contributed by atoms with Crippen molar-refractivity contribution in [3.8, 4) is 0 Å². The summed E-state index contributed by atoms with van der Waals surface area (Å²) in [6.45, 7) is -4.18. The highest BCUT2D eigenvalue weighted by molar-refractivity contribution is 4.95. The van der Waals surface area contributed by atoms with Crippen molar-refractivity contribution < 1.29 is 75.3 Å². The monoisotopic (exact) mass is 504 g/mol. The normalized spacial score (nSPS) is 17.4. The van der Waals surface area contributed by atoms with Crippen molar-refractivity contribution in [2.24, 2.45) is 0 Å². The van der Waals surface area contributed by atoms with Crippen molar-refractivity contribution in [2.45, 2.75) is 68.9 Å². The highest BCUT2D eigenvalue weighted by atomic mass is 19.3. The van der Waals surface area contributed by atoms with Crippen LogP contribution in [0, 0.1) is 0 Å². The summed E-state index contributed by atoms with van der Waals surface area (Å²) in [5.41, 5.74) is -10.4. The molecule has 0 spiro atoms. The minimum absolute atomic E-state index is 0.200. The summed E-state index contributed by atoms with van der Waals surface area (Å²) in [5.74, 6) is -4.38. The molecule has 0 radical (unpaired) electrons. The first-order valence-corrected chi connectivity index (χ1v) is 7.42. The third kappa shape index (κ3) is 9.49. The van der Waals surface area contributed by atoms with Gasteiger partial charge in [0.2, 0.25) is 5.67 Å². The van der Waals surface area contributed by atoms with Crippen molar-refractivity contribution in [3.05, 3.63) is 0 Å². The summed E-state index contributed by atoms with van der Waals surface area (Å²) >= 11 is 0. The second kappa shape index (κ2) is 11.1. The molecule has 0 bridgehead atoms. The molecule has 2 atom stereocenters. The Labute approximate surface area is 166 Å². The van der Waals surface area contributed by atoms with Gasteiger partial charge in [0.15, 0.2) is 0 Å². The fraction of sp³-hybridized carbons (Fsp3) is 1.00. The number of hydrogen-bond acceptors (Lipinski definition) is 2. The zero-order valence-corrected chi connectivity index (χ0v) is 16.4. The lowest BCUT2D eigenvalue weighted by molar-refractivity contribution is -0.492. The first kappa shape index (κ1) is 34.5. The van der Waals surface area contributed by atoms with Crippen LogP contribution < -0.4 is 0 Å². The van der Waals surface area contributed by atoms with Crippen molar-refractivity contribution >= 4 is 0 Å². The van der Waals surface area contributed by atoms with Gasteiger partial charge in [0.1, 0.15) is 13.1 Å². The summed E-state index contributed by atoms with van der Waals surface area (Å²) < 4.78 is 194. The summed E-state index contributed by atoms with van der Waals surface area (Å²) in [6, 6.07) is 0. The molecule has 2 nitrogen and oxygen atoms in total. The molecule has 0 rings (SSSR count). The Hall–Kier alpha value is -1.13. The fourth-order valence-corrected chi connectivity index (χ4v) is 1.29. The summed E-state index contributed by atoms with van der Waals surface area (Å²) in [6.07, 6.45) is -27.2. The maximum atomic E-state index is 13.8. The van der Waals surface area contributed by atoms with E-state index < -0.39 is 61.7 Å². The van der Waals surface area contributed by atoms with Crippen LogP contribution >= 0.6 is 0 Å². The second-order valence-corrected chi connectivity index (χ2v) is 5.97. The Morgan fingerprint density at radius 2 is 0.871 bits per heavy atom. The van der Waals surface area contributed by atoms with Crippen molar-refractivity contribution in [2.75, 3.05) is 21.0 Å². The lowest BCUT2D eigenvalue weighted by Gasteiger charge is -2.39.